The molecule has 0 saturated carbocycles. The summed E-state index contributed by atoms with van der Waals surface area (Å²) in [6, 6.07) is 4.21. The molecule has 0 aromatic carbocycles. The number of aromatic nitrogens is 3. The third-order valence-corrected chi connectivity index (χ3v) is 5.94. The monoisotopic (exact) mass is 379 g/mol. The van der Waals surface area contributed by atoms with Gasteiger partial charge < -0.3 is 10.2 Å². The van der Waals surface area contributed by atoms with Crippen molar-refractivity contribution in [2.45, 2.75) is 64.3 Å². The van der Waals surface area contributed by atoms with Crippen LogP contribution in [0.3, 0.4) is 0 Å². The van der Waals surface area contributed by atoms with E-state index in [0.29, 0.717) is 12.5 Å². The number of hydrogen-bond donors (Lipinski definition) is 1. The Bertz CT molecular complexity index is 867. The summed E-state index contributed by atoms with van der Waals surface area (Å²) in [7, 11) is 0. The minimum absolute atomic E-state index is 0.0499. The van der Waals surface area contributed by atoms with E-state index < -0.39 is 0 Å². The van der Waals surface area contributed by atoms with Gasteiger partial charge in [-0.05, 0) is 51.7 Å². The molecule has 2 aromatic heterocycles. The van der Waals surface area contributed by atoms with Gasteiger partial charge in [0.15, 0.2) is 5.82 Å². The van der Waals surface area contributed by atoms with Gasteiger partial charge in [-0.1, -0.05) is 6.92 Å². The van der Waals surface area contributed by atoms with Gasteiger partial charge in [-0.3, -0.25) is 9.78 Å². The molecule has 3 heterocycles. The van der Waals surface area contributed by atoms with Crippen molar-refractivity contribution in [3.05, 3.63) is 35.8 Å². The Balaban J connectivity index is 1.80. The second-order valence-electron chi connectivity index (χ2n) is 8.32. The maximum absolute atomic E-state index is 12.4. The van der Waals surface area contributed by atoms with Crippen molar-refractivity contribution in [2.24, 2.45) is 0 Å². The molecule has 1 aliphatic carbocycles. The van der Waals surface area contributed by atoms with Crippen LogP contribution in [-0.2, 0) is 16.6 Å². The van der Waals surface area contributed by atoms with E-state index in [1.165, 1.54) is 5.56 Å². The third-order valence-electron chi connectivity index (χ3n) is 5.94. The van der Waals surface area contributed by atoms with Crippen LogP contribution in [-0.4, -0.2) is 44.9 Å². The average Bonchev–Trinajstić information content (AvgIpc) is 3.05. The number of likely N-dealkylation sites (tertiary alicyclic amines) is 1. The van der Waals surface area contributed by atoms with Crippen molar-refractivity contribution < 1.29 is 4.79 Å². The highest BCUT2D eigenvalue weighted by molar-refractivity contribution is 5.76. The van der Waals surface area contributed by atoms with Gasteiger partial charge in [0.2, 0.25) is 5.91 Å². The molecule has 6 heteroatoms. The largest absolute Gasteiger partial charge is 0.368 e. The molecule has 1 unspecified atom stereocenters. The molecule has 2 aliphatic rings. The van der Waals surface area contributed by atoms with Gasteiger partial charge in [0.25, 0.3) is 0 Å². The number of nitrogens with zero attached hydrogens (tertiary/aromatic N) is 4. The van der Waals surface area contributed by atoms with Gasteiger partial charge in [0.05, 0.1) is 5.69 Å². The summed E-state index contributed by atoms with van der Waals surface area (Å²) in [4.78, 5) is 28.6. The lowest BCUT2D eigenvalue weighted by Gasteiger charge is -2.40. The van der Waals surface area contributed by atoms with Crippen molar-refractivity contribution >= 4 is 11.7 Å². The first-order chi connectivity index (χ1) is 13.5. The highest BCUT2D eigenvalue weighted by atomic mass is 16.2. The van der Waals surface area contributed by atoms with Crippen molar-refractivity contribution in [3.63, 3.8) is 0 Å². The zero-order chi connectivity index (χ0) is 19.7. The lowest BCUT2D eigenvalue weighted by molar-refractivity contribution is -0.133. The number of rotatable bonds is 4. The average molecular weight is 380 g/mol. The predicted octanol–water partition coefficient (Wildman–Crippen LogP) is 3.58. The van der Waals surface area contributed by atoms with E-state index in [1.807, 2.05) is 30.2 Å². The summed E-state index contributed by atoms with van der Waals surface area (Å²) >= 11 is 0. The Morgan fingerprint density at radius 2 is 2.18 bits per heavy atom. The number of carbonyl (C=O) groups is 1. The molecule has 1 N–H and O–H groups in total. The highest BCUT2D eigenvalue weighted by Crippen LogP contribution is 2.46. The number of piperidine rings is 1. The van der Waals surface area contributed by atoms with E-state index in [-0.39, 0.29) is 11.3 Å². The zero-order valence-corrected chi connectivity index (χ0v) is 17.0. The van der Waals surface area contributed by atoms with E-state index in [2.05, 4.69) is 24.1 Å². The van der Waals surface area contributed by atoms with Crippen LogP contribution >= 0.6 is 0 Å². The van der Waals surface area contributed by atoms with Gasteiger partial charge >= 0.3 is 0 Å². The number of amides is 1. The zero-order valence-electron chi connectivity index (χ0n) is 17.0. The van der Waals surface area contributed by atoms with Crippen LogP contribution in [0.15, 0.2) is 24.5 Å². The smallest absolute Gasteiger partial charge is 0.222 e. The number of hydrogen-bond acceptors (Lipinski definition) is 5. The number of fused-ring (bicyclic) bond motifs is 2. The molecule has 28 heavy (non-hydrogen) atoms. The van der Waals surface area contributed by atoms with Crippen molar-refractivity contribution in [1.82, 2.24) is 19.9 Å². The second kappa shape index (κ2) is 7.49. The molecular formula is C22H29N5O. The van der Waals surface area contributed by atoms with Crippen LogP contribution in [0.5, 0.6) is 0 Å². The topological polar surface area (TPSA) is 71.0 Å². The fourth-order valence-corrected chi connectivity index (χ4v) is 4.62. The van der Waals surface area contributed by atoms with E-state index in [9.17, 15) is 4.79 Å². The standard InChI is InChI=1S/C22H29N5O/c1-4-18(28)27-12-6-9-22(14-27)10-8-17-19(22)25-20(16-7-5-11-23-13-16)26-21(17)24-15(2)3/h5,7,11,13,15H,4,6,8-10,12,14H2,1-3H3,(H,24,25,26). The second-order valence-corrected chi connectivity index (χ2v) is 8.32. The Hall–Kier alpha value is -2.50. The fraction of sp³-hybridized carbons (Fsp3) is 0.545. The molecule has 1 fully saturated rings. The molecule has 1 saturated heterocycles. The summed E-state index contributed by atoms with van der Waals surface area (Å²) in [5.74, 6) is 1.90. The third kappa shape index (κ3) is 3.36. The summed E-state index contributed by atoms with van der Waals surface area (Å²) < 4.78 is 0. The van der Waals surface area contributed by atoms with Crippen LogP contribution in [0, 0.1) is 0 Å². The molecule has 1 spiro atoms. The predicted molar refractivity (Wildman–Crippen MR) is 110 cm³/mol. The minimum atomic E-state index is -0.0499. The lowest BCUT2D eigenvalue weighted by atomic mass is 9.77. The molecule has 1 atom stereocenters. The first-order valence-electron chi connectivity index (χ1n) is 10.4. The van der Waals surface area contributed by atoms with Crippen LogP contribution in [0.2, 0.25) is 0 Å². The van der Waals surface area contributed by atoms with Crippen molar-refractivity contribution in [2.75, 3.05) is 18.4 Å². The molecule has 0 radical (unpaired) electrons. The SMILES string of the molecule is CCC(=O)N1CCCC2(CCc3c(NC(C)C)nc(-c4cccnc4)nc32)C1. The van der Waals surface area contributed by atoms with E-state index >= 15 is 0 Å². The molecule has 148 valence electrons. The Morgan fingerprint density at radius 1 is 1.32 bits per heavy atom. The number of carbonyl (C=O) groups excluding carboxylic acids is 1. The van der Waals surface area contributed by atoms with E-state index in [4.69, 9.17) is 9.97 Å². The molecule has 0 bridgehead atoms. The number of anilines is 1. The molecule has 4 rings (SSSR count). The van der Waals surface area contributed by atoms with Crippen LogP contribution in [0.25, 0.3) is 11.4 Å². The van der Waals surface area contributed by atoms with E-state index in [0.717, 1.165) is 61.7 Å². The first kappa shape index (κ1) is 18.8. The summed E-state index contributed by atoms with van der Waals surface area (Å²) in [5.41, 5.74) is 3.24. The summed E-state index contributed by atoms with van der Waals surface area (Å²) in [6.07, 6.45) is 8.26. The molecular weight excluding hydrogens is 350 g/mol. The molecule has 1 amide bonds. The van der Waals surface area contributed by atoms with Crippen molar-refractivity contribution in [3.8, 4) is 11.4 Å². The number of nitrogens with one attached hydrogen (secondary N) is 1. The fourth-order valence-electron chi connectivity index (χ4n) is 4.62. The van der Waals surface area contributed by atoms with Crippen LogP contribution in [0.1, 0.15) is 57.7 Å². The maximum atomic E-state index is 12.4. The maximum Gasteiger partial charge on any atom is 0.222 e. The van der Waals surface area contributed by atoms with E-state index in [1.54, 1.807) is 6.20 Å². The minimum Gasteiger partial charge on any atom is -0.368 e. The van der Waals surface area contributed by atoms with Crippen LogP contribution < -0.4 is 5.32 Å². The Morgan fingerprint density at radius 3 is 2.89 bits per heavy atom. The molecule has 1 aliphatic heterocycles. The Labute approximate surface area is 166 Å². The quantitative estimate of drug-likeness (QED) is 0.879. The molecule has 2 aromatic rings. The Kier molecular flexibility index (Phi) is 5.04. The normalized spacial score (nSPS) is 21.2. The van der Waals surface area contributed by atoms with Crippen molar-refractivity contribution in [1.29, 1.82) is 0 Å². The van der Waals surface area contributed by atoms with Gasteiger partial charge in [-0.2, -0.15) is 0 Å². The summed E-state index contributed by atoms with van der Waals surface area (Å²) in [6.45, 7) is 7.84. The van der Waals surface area contributed by atoms with Gasteiger partial charge in [-0.15, -0.1) is 0 Å². The highest BCUT2D eigenvalue weighted by Gasteiger charge is 2.45. The summed E-state index contributed by atoms with van der Waals surface area (Å²) in [5, 5.41) is 3.53. The van der Waals surface area contributed by atoms with Gasteiger partial charge in [-0.25, -0.2) is 9.97 Å². The molecule has 6 nitrogen and oxygen atoms in total. The first-order valence-corrected chi connectivity index (χ1v) is 10.4. The van der Waals surface area contributed by atoms with Gasteiger partial charge in [0.1, 0.15) is 5.82 Å². The lowest BCUT2D eigenvalue weighted by Crippen LogP contribution is -2.47. The van der Waals surface area contributed by atoms with Crippen LogP contribution in [0.4, 0.5) is 5.82 Å². The van der Waals surface area contributed by atoms with Gasteiger partial charge in [0, 0.05) is 54.5 Å². The number of pyridine rings is 1.